The summed E-state index contributed by atoms with van der Waals surface area (Å²) in [4.78, 5) is 3.63. The SMILES string of the molecule is CCOP(=O)(OCC)C(F)(F)[C@@H](O)c1cccnc1. The fourth-order valence-corrected chi connectivity index (χ4v) is 2.98. The molecule has 5 nitrogen and oxygen atoms in total. The molecule has 1 heterocycles. The zero-order chi connectivity index (χ0) is 14.5. The number of hydrogen-bond donors (Lipinski definition) is 1. The summed E-state index contributed by atoms with van der Waals surface area (Å²) in [6, 6.07) is 2.65. The van der Waals surface area contributed by atoms with Crippen LogP contribution in [0.2, 0.25) is 0 Å². The van der Waals surface area contributed by atoms with Gasteiger partial charge in [-0.15, -0.1) is 0 Å². The average molecular weight is 295 g/mol. The summed E-state index contributed by atoms with van der Waals surface area (Å²) in [5.74, 6) is 0. The van der Waals surface area contributed by atoms with Crippen LogP contribution < -0.4 is 0 Å². The van der Waals surface area contributed by atoms with Crippen molar-refractivity contribution in [3.63, 3.8) is 0 Å². The van der Waals surface area contributed by atoms with Gasteiger partial charge in [-0.1, -0.05) is 6.07 Å². The van der Waals surface area contributed by atoms with Gasteiger partial charge in [-0.25, -0.2) is 0 Å². The van der Waals surface area contributed by atoms with Crippen LogP contribution >= 0.6 is 7.60 Å². The molecule has 0 unspecified atom stereocenters. The topological polar surface area (TPSA) is 68.7 Å². The van der Waals surface area contributed by atoms with Crippen LogP contribution in [0.15, 0.2) is 24.5 Å². The Morgan fingerprint density at radius 1 is 1.42 bits per heavy atom. The molecule has 1 aromatic rings. The largest absolute Gasteiger partial charge is 0.402 e. The van der Waals surface area contributed by atoms with E-state index in [-0.39, 0.29) is 18.8 Å². The first-order chi connectivity index (χ1) is 8.89. The minimum Gasteiger partial charge on any atom is -0.381 e. The van der Waals surface area contributed by atoms with E-state index >= 15 is 0 Å². The first-order valence-electron chi connectivity index (χ1n) is 5.74. The van der Waals surface area contributed by atoms with Gasteiger partial charge in [0.15, 0.2) is 6.10 Å². The van der Waals surface area contributed by atoms with Crippen molar-refractivity contribution in [2.24, 2.45) is 0 Å². The van der Waals surface area contributed by atoms with E-state index in [4.69, 9.17) is 0 Å². The van der Waals surface area contributed by atoms with Crippen molar-refractivity contribution >= 4 is 7.60 Å². The van der Waals surface area contributed by atoms with E-state index in [2.05, 4.69) is 14.0 Å². The van der Waals surface area contributed by atoms with Crippen LogP contribution in [0, 0.1) is 0 Å². The lowest BCUT2D eigenvalue weighted by molar-refractivity contribution is -0.0677. The standard InChI is InChI=1S/C11H16F2NO4P/c1-3-17-19(16,18-4-2)11(12,13)10(15)9-6-5-7-14-8-9/h5-8,10,15H,3-4H2,1-2H3/t10-/m0/s1. The Hall–Kier alpha value is -0.880. The molecule has 8 heteroatoms. The van der Waals surface area contributed by atoms with E-state index in [1.807, 2.05) is 0 Å². The van der Waals surface area contributed by atoms with Crippen molar-refractivity contribution in [1.29, 1.82) is 0 Å². The Morgan fingerprint density at radius 2 is 2.00 bits per heavy atom. The van der Waals surface area contributed by atoms with Crippen molar-refractivity contribution in [2.45, 2.75) is 25.6 Å². The summed E-state index contributed by atoms with van der Waals surface area (Å²) in [6.07, 6.45) is 0.130. The quantitative estimate of drug-likeness (QED) is 0.783. The Morgan fingerprint density at radius 3 is 2.42 bits per heavy atom. The highest BCUT2D eigenvalue weighted by atomic mass is 31.2. The number of rotatable bonds is 7. The normalized spacial score (nSPS) is 14.4. The molecule has 108 valence electrons. The number of alkyl halides is 2. The number of aliphatic hydroxyl groups is 1. The Kier molecular flexibility index (Phi) is 5.55. The molecule has 0 aliphatic rings. The minimum absolute atomic E-state index is 0.160. The van der Waals surface area contributed by atoms with E-state index in [0.717, 1.165) is 6.20 Å². The predicted molar refractivity (Wildman–Crippen MR) is 65.0 cm³/mol. The average Bonchev–Trinajstić information content (AvgIpc) is 2.39. The third kappa shape index (κ3) is 3.36. The van der Waals surface area contributed by atoms with Gasteiger partial charge < -0.3 is 14.2 Å². The second-order valence-corrected chi connectivity index (χ2v) is 5.72. The molecule has 1 N–H and O–H groups in total. The third-order valence-corrected chi connectivity index (χ3v) is 4.46. The fraction of sp³-hybridized carbons (Fsp3) is 0.545. The van der Waals surface area contributed by atoms with Gasteiger partial charge in [0.25, 0.3) is 0 Å². The van der Waals surface area contributed by atoms with E-state index in [1.54, 1.807) is 0 Å². The van der Waals surface area contributed by atoms with E-state index in [0.29, 0.717) is 0 Å². The molecular weight excluding hydrogens is 279 g/mol. The molecule has 0 aliphatic heterocycles. The number of nitrogens with zero attached hydrogens (tertiary/aromatic N) is 1. The summed E-state index contributed by atoms with van der Waals surface area (Å²) >= 11 is 0. The van der Waals surface area contributed by atoms with Crippen LogP contribution in [0.5, 0.6) is 0 Å². The molecular formula is C11H16F2NO4P. The molecule has 0 spiro atoms. The fourth-order valence-electron chi connectivity index (χ4n) is 1.44. The van der Waals surface area contributed by atoms with Gasteiger partial charge >= 0.3 is 13.3 Å². The molecule has 0 aromatic carbocycles. The summed E-state index contributed by atoms with van der Waals surface area (Å²) in [6.45, 7) is 2.40. The molecule has 0 bridgehead atoms. The van der Waals surface area contributed by atoms with Gasteiger partial charge in [0.1, 0.15) is 0 Å². The maximum Gasteiger partial charge on any atom is 0.402 e. The Balaban J connectivity index is 3.09. The number of pyridine rings is 1. The summed E-state index contributed by atoms with van der Waals surface area (Å²) < 4.78 is 49.5. The van der Waals surface area contributed by atoms with Crippen molar-refractivity contribution in [1.82, 2.24) is 4.98 Å². The monoisotopic (exact) mass is 295 g/mol. The van der Waals surface area contributed by atoms with Gasteiger partial charge in [-0.3, -0.25) is 9.55 Å². The van der Waals surface area contributed by atoms with Gasteiger partial charge in [0.2, 0.25) is 0 Å². The van der Waals surface area contributed by atoms with Crippen LogP contribution in [0.4, 0.5) is 8.78 Å². The molecule has 0 radical (unpaired) electrons. The van der Waals surface area contributed by atoms with E-state index < -0.39 is 19.4 Å². The minimum atomic E-state index is -4.75. The van der Waals surface area contributed by atoms with Gasteiger partial charge in [0.05, 0.1) is 13.2 Å². The zero-order valence-electron chi connectivity index (χ0n) is 10.6. The smallest absolute Gasteiger partial charge is 0.381 e. The van der Waals surface area contributed by atoms with Crippen LogP contribution in [0.25, 0.3) is 0 Å². The Labute approximate surface area is 110 Å². The summed E-state index contributed by atoms with van der Waals surface area (Å²) in [5, 5.41) is 9.71. The molecule has 0 saturated carbocycles. The van der Waals surface area contributed by atoms with Crippen LogP contribution in [-0.2, 0) is 13.6 Å². The third-order valence-electron chi connectivity index (χ3n) is 2.29. The second kappa shape index (κ2) is 6.52. The van der Waals surface area contributed by atoms with E-state index in [9.17, 15) is 18.5 Å². The maximum atomic E-state index is 14.1. The molecule has 0 aliphatic carbocycles. The van der Waals surface area contributed by atoms with Gasteiger partial charge in [-0.2, -0.15) is 8.78 Å². The van der Waals surface area contributed by atoms with Gasteiger partial charge in [-0.05, 0) is 19.9 Å². The van der Waals surface area contributed by atoms with Crippen molar-refractivity contribution < 1.29 is 27.5 Å². The zero-order valence-corrected chi connectivity index (χ0v) is 11.5. The molecule has 0 amide bonds. The van der Waals surface area contributed by atoms with Crippen molar-refractivity contribution in [3.05, 3.63) is 30.1 Å². The summed E-state index contributed by atoms with van der Waals surface area (Å²) in [5.41, 5.74) is -4.21. The molecule has 0 fully saturated rings. The highest BCUT2D eigenvalue weighted by Gasteiger charge is 2.59. The van der Waals surface area contributed by atoms with Crippen LogP contribution in [-0.4, -0.2) is 29.0 Å². The first-order valence-corrected chi connectivity index (χ1v) is 7.28. The maximum absolute atomic E-state index is 14.1. The van der Waals surface area contributed by atoms with Gasteiger partial charge in [0, 0.05) is 18.0 Å². The lowest BCUT2D eigenvalue weighted by Crippen LogP contribution is -2.28. The highest BCUT2D eigenvalue weighted by Crippen LogP contribution is 2.65. The number of hydrogen-bond acceptors (Lipinski definition) is 5. The van der Waals surface area contributed by atoms with Crippen LogP contribution in [0.3, 0.4) is 0 Å². The number of aromatic nitrogens is 1. The predicted octanol–water partition coefficient (Wildman–Crippen LogP) is 2.97. The number of halogens is 2. The van der Waals surface area contributed by atoms with Crippen molar-refractivity contribution in [3.8, 4) is 0 Å². The highest BCUT2D eigenvalue weighted by molar-refractivity contribution is 7.55. The van der Waals surface area contributed by atoms with Crippen LogP contribution in [0.1, 0.15) is 25.5 Å². The lowest BCUT2D eigenvalue weighted by Gasteiger charge is -2.29. The lowest BCUT2D eigenvalue weighted by atomic mass is 10.2. The van der Waals surface area contributed by atoms with E-state index in [1.165, 1.54) is 32.2 Å². The molecule has 1 aromatic heterocycles. The molecule has 1 rings (SSSR count). The number of aliphatic hydroxyl groups excluding tert-OH is 1. The second-order valence-electron chi connectivity index (χ2n) is 3.61. The summed E-state index contributed by atoms with van der Waals surface area (Å²) in [7, 11) is -4.75. The van der Waals surface area contributed by atoms with Crippen molar-refractivity contribution in [2.75, 3.05) is 13.2 Å². The molecule has 19 heavy (non-hydrogen) atoms. The molecule has 0 saturated heterocycles. The Bertz CT molecular complexity index is 434. The first kappa shape index (κ1) is 16.2. The molecule has 1 atom stereocenters.